The summed E-state index contributed by atoms with van der Waals surface area (Å²) in [5.74, 6) is -0.0482. The van der Waals surface area contributed by atoms with Gasteiger partial charge in [0, 0.05) is 31.6 Å². The average Bonchev–Trinajstić information content (AvgIpc) is 3.60. The van der Waals surface area contributed by atoms with Crippen LogP contribution in [0.25, 0.3) is 9.88 Å². The van der Waals surface area contributed by atoms with Gasteiger partial charge in [-0.05, 0) is 62.2 Å². The molecule has 8 nitrogen and oxygen atoms in total. The third-order valence-corrected chi connectivity index (χ3v) is 9.57. The lowest BCUT2D eigenvalue weighted by atomic mass is 9.77. The van der Waals surface area contributed by atoms with E-state index in [1.807, 2.05) is 22.1 Å². The van der Waals surface area contributed by atoms with E-state index in [1.165, 1.54) is 41.1 Å². The number of carbonyl (C=O) groups excluding carboxylic acids is 3. The molecular formula is C22H23N5O3S3. The number of rotatable bonds is 4. The first kappa shape index (κ1) is 22.3. The summed E-state index contributed by atoms with van der Waals surface area (Å²) in [4.78, 5) is 48.0. The number of nitrogens with zero attached hydrogens (tertiary/aromatic N) is 5. The quantitative estimate of drug-likeness (QED) is 0.502. The maximum atomic E-state index is 13.1. The van der Waals surface area contributed by atoms with Crippen molar-refractivity contribution in [3.05, 3.63) is 38.7 Å². The summed E-state index contributed by atoms with van der Waals surface area (Å²) in [5, 5.41) is 6.63. The highest BCUT2D eigenvalue weighted by Gasteiger charge is 2.43. The van der Waals surface area contributed by atoms with Crippen molar-refractivity contribution >= 4 is 51.8 Å². The standard InChI is InChI=1S/C22H23N5O3S3/c1-13-18(33-25-24-13)19-23-15(11-31-19)20(29)27-10-7-22(12-27)5-8-26(9-6-22)21(30)17-4-3-16(32-17)14(2)28/h3-4,11H,5-10,12H2,1-2H3. The molecule has 0 aliphatic carbocycles. The van der Waals surface area contributed by atoms with E-state index in [2.05, 4.69) is 14.6 Å². The summed E-state index contributed by atoms with van der Waals surface area (Å²) in [6.45, 7) is 6.17. The van der Waals surface area contributed by atoms with Gasteiger partial charge in [0.1, 0.15) is 15.6 Å². The summed E-state index contributed by atoms with van der Waals surface area (Å²) in [7, 11) is 0. The number of aromatic nitrogens is 3. The molecule has 33 heavy (non-hydrogen) atoms. The molecule has 1 spiro atoms. The minimum atomic E-state index is -0.0293. The number of hydrogen-bond acceptors (Lipinski definition) is 9. The number of likely N-dealkylation sites (tertiary alicyclic amines) is 2. The molecule has 0 radical (unpaired) electrons. The Kier molecular flexibility index (Phi) is 5.87. The van der Waals surface area contributed by atoms with Gasteiger partial charge >= 0.3 is 0 Å². The van der Waals surface area contributed by atoms with Gasteiger partial charge in [0.15, 0.2) is 5.78 Å². The lowest BCUT2D eigenvalue weighted by Gasteiger charge is -2.39. The fraction of sp³-hybridized carbons (Fsp3) is 0.455. The number of ketones is 1. The SMILES string of the molecule is CC(=O)c1ccc(C(=O)N2CCC3(CCN(C(=O)c4csc(-c5snnc5C)n4)C3)CC2)s1. The predicted octanol–water partition coefficient (Wildman–Crippen LogP) is 4.00. The van der Waals surface area contributed by atoms with E-state index in [-0.39, 0.29) is 23.0 Å². The first-order chi connectivity index (χ1) is 15.8. The molecule has 2 fully saturated rings. The van der Waals surface area contributed by atoms with Crippen LogP contribution in [0.3, 0.4) is 0 Å². The molecular weight excluding hydrogens is 478 g/mol. The molecule has 3 aromatic heterocycles. The van der Waals surface area contributed by atoms with Crippen LogP contribution in [0.15, 0.2) is 17.5 Å². The van der Waals surface area contributed by atoms with Crippen LogP contribution in [0.1, 0.15) is 61.7 Å². The number of hydrogen-bond donors (Lipinski definition) is 0. The van der Waals surface area contributed by atoms with Crippen molar-refractivity contribution in [2.24, 2.45) is 5.41 Å². The summed E-state index contributed by atoms with van der Waals surface area (Å²) >= 11 is 4.01. The van der Waals surface area contributed by atoms with E-state index in [1.54, 1.807) is 12.1 Å². The van der Waals surface area contributed by atoms with Crippen LogP contribution in [-0.2, 0) is 0 Å². The second kappa shape index (κ2) is 8.69. The van der Waals surface area contributed by atoms with Gasteiger partial charge in [-0.3, -0.25) is 14.4 Å². The predicted molar refractivity (Wildman–Crippen MR) is 128 cm³/mol. The normalized spacial score (nSPS) is 17.6. The van der Waals surface area contributed by atoms with Gasteiger partial charge in [-0.2, -0.15) is 0 Å². The molecule has 2 saturated heterocycles. The molecule has 3 aromatic rings. The lowest BCUT2D eigenvalue weighted by Crippen LogP contribution is -2.44. The average molecular weight is 502 g/mol. The summed E-state index contributed by atoms with van der Waals surface area (Å²) in [6.07, 6.45) is 2.70. The van der Waals surface area contributed by atoms with Crippen LogP contribution in [0, 0.1) is 12.3 Å². The van der Waals surface area contributed by atoms with Crippen LogP contribution in [0.5, 0.6) is 0 Å². The largest absolute Gasteiger partial charge is 0.338 e. The number of thiazole rings is 1. The maximum absolute atomic E-state index is 13.1. The van der Waals surface area contributed by atoms with Gasteiger partial charge in [0.05, 0.1) is 15.4 Å². The van der Waals surface area contributed by atoms with E-state index in [9.17, 15) is 14.4 Å². The molecule has 2 aliphatic rings. The zero-order valence-corrected chi connectivity index (χ0v) is 20.8. The van der Waals surface area contributed by atoms with Crippen molar-refractivity contribution in [3.63, 3.8) is 0 Å². The molecule has 2 aliphatic heterocycles. The Balaban J connectivity index is 1.20. The van der Waals surface area contributed by atoms with Crippen molar-refractivity contribution in [2.45, 2.75) is 33.1 Å². The molecule has 0 saturated carbocycles. The second-order valence-electron chi connectivity index (χ2n) is 8.71. The van der Waals surface area contributed by atoms with Crippen LogP contribution in [-0.4, -0.2) is 68.1 Å². The van der Waals surface area contributed by atoms with Gasteiger partial charge in [0.25, 0.3) is 11.8 Å². The molecule has 0 bridgehead atoms. The molecule has 11 heteroatoms. The van der Waals surface area contributed by atoms with Gasteiger partial charge in [-0.1, -0.05) is 4.49 Å². The molecule has 0 N–H and O–H groups in total. The third-order valence-electron chi connectivity index (χ3n) is 6.57. The van der Waals surface area contributed by atoms with E-state index in [0.29, 0.717) is 41.6 Å². The first-order valence-corrected chi connectivity index (χ1v) is 13.3. The Labute approximate surface area is 203 Å². The van der Waals surface area contributed by atoms with E-state index < -0.39 is 0 Å². The molecule has 5 rings (SSSR count). The van der Waals surface area contributed by atoms with Crippen molar-refractivity contribution in [1.29, 1.82) is 0 Å². The Morgan fingerprint density at radius 3 is 2.33 bits per heavy atom. The fourth-order valence-corrected chi connectivity index (χ4v) is 7.01. The topological polar surface area (TPSA) is 96.4 Å². The van der Waals surface area contributed by atoms with Crippen LogP contribution in [0.2, 0.25) is 0 Å². The minimum absolute atomic E-state index is 0.00358. The van der Waals surface area contributed by atoms with Gasteiger partial charge < -0.3 is 9.80 Å². The van der Waals surface area contributed by atoms with Gasteiger partial charge in [-0.25, -0.2) is 4.98 Å². The number of thiophene rings is 1. The Bertz CT molecular complexity index is 1220. The van der Waals surface area contributed by atoms with Crippen LogP contribution >= 0.6 is 34.2 Å². The smallest absolute Gasteiger partial charge is 0.273 e. The molecule has 5 heterocycles. The van der Waals surface area contributed by atoms with Crippen LogP contribution in [0.4, 0.5) is 0 Å². The summed E-state index contributed by atoms with van der Waals surface area (Å²) in [5.41, 5.74) is 1.37. The number of Topliss-reactive ketones (excluding diaryl/α,β-unsaturated/α-hetero) is 1. The third kappa shape index (κ3) is 4.24. The van der Waals surface area contributed by atoms with E-state index in [0.717, 1.165) is 34.8 Å². The highest BCUT2D eigenvalue weighted by Crippen LogP contribution is 2.41. The number of amides is 2. The lowest BCUT2D eigenvalue weighted by molar-refractivity contribution is 0.0568. The van der Waals surface area contributed by atoms with E-state index in [4.69, 9.17) is 0 Å². The molecule has 2 amide bonds. The monoisotopic (exact) mass is 501 g/mol. The zero-order chi connectivity index (χ0) is 23.2. The van der Waals surface area contributed by atoms with Crippen molar-refractivity contribution in [1.82, 2.24) is 24.4 Å². The maximum Gasteiger partial charge on any atom is 0.273 e. The van der Waals surface area contributed by atoms with Crippen molar-refractivity contribution < 1.29 is 14.4 Å². The molecule has 0 atom stereocenters. The van der Waals surface area contributed by atoms with Crippen LogP contribution < -0.4 is 0 Å². The zero-order valence-electron chi connectivity index (χ0n) is 18.4. The molecule has 0 aromatic carbocycles. The second-order valence-corrected chi connectivity index (χ2v) is 11.4. The highest BCUT2D eigenvalue weighted by molar-refractivity contribution is 7.18. The summed E-state index contributed by atoms with van der Waals surface area (Å²) < 4.78 is 3.95. The summed E-state index contributed by atoms with van der Waals surface area (Å²) in [6, 6.07) is 3.47. The Morgan fingerprint density at radius 1 is 1.00 bits per heavy atom. The fourth-order valence-electron chi connectivity index (χ4n) is 4.56. The number of aryl methyl sites for hydroxylation is 1. The first-order valence-electron chi connectivity index (χ1n) is 10.8. The van der Waals surface area contributed by atoms with E-state index >= 15 is 0 Å². The highest BCUT2D eigenvalue weighted by atomic mass is 32.1. The minimum Gasteiger partial charge on any atom is -0.338 e. The van der Waals surface area contributed by atoms with Gasteiger partial charge in [0.2, 0.25) is 0 Å². The molecule has 172 valence electrons. The molecule has 0 unspecified atom stereocenters. The van der Waals surface area contributed by atoms with Gasteiger partial charge in [-0.15, -0.1) is 27.8 Å². The van der Waals surface area contributed by atoms with Crippen molar-refractivity contribution in [3.8, 4) is 9.88 Å². The number of carbonyl (C=O) groups is 3. The van der Waals surface area contributed by atoms with Crippen molar-refractivity contribution in [2.75, 3.05) is 26.2 Å². The Morgan fingerprint density at radius 2 is 1.70 bits per heavy atom. The number of piperidine rings is 1. The Hall–Kier alpha value is -2.50.